The van der Waals surface area contributed by atoms with E-state index in [4.69, 9.17) is 0 Å². The molecule has 1 amide bonds. The highest BCUT2D eigenvalue weighted by atomic mass is 19.4. The van der Waals surface area contributed by atoms with Crippen molar-refractivity contribution in [2.24, 2.45) is 0 Å². The smallest absolute Gasteiger partial charge is 0.406 e. The van der Waals surface area contributed by atoms with E-state index in [0.29, 0.717) is 41.0 Å². The molecule has 172 valence electrons. The molecule has 2 heterocycles. The Bertz CT molecular complexity index is 1300. The van der Waals surface area contributed by atoms with Gasteiger partial charge in [-0.05, 0) is 37.6 Å². The molecule has 1 unspecified atom stereocenters. The van der Waals surface area contributed by atoms with Crippen LogP contribution >= 0.6 is 0 Å². The number of nitrogens with zero attached hydrogens (tertiary/aromatic N) is 4. The summed E-state index contributed by atoms with van der Waals surface area (Å²) >= 11 is 0. The summed E-state index contributed by atoms with van der Waals surface area (Å²) in [6.07, 6.45) is -4.31. The Hall–Kier alpha value is -3.89. The number of halogens is 3. The second-order valence-corrected chi connectivity index (χ2v) is 7.20. The van der Waals surface area contributed by atoms with Crippen molar-refractivity contribution in [2.75, 3.05) is 11.9 Å². The molecule has 0 fully saturated rings. The number of likely N-dealkylation sites (N-methyl/N-ethyl adjacent to an activating group) is 1. The number of nitrogens with one attached hydrogen (secondary N) is 2. The molecule has 11 heteroatoms. The average molecular weight is 458 g/mol. The lowest BCUT2D eigenvalue weighted by molar-refractivity contribution is -0.274. The van der Waals surface area contributed by atoms with Crippen molar-refractivity contribution in [2.45, 2.75) is 32.7 Å². The van der Waals surface area contributed by atoms with E-state index < -0.39 is 12.4 Å². The van der Waals surface area contributed by atoms with Crippen LogP contribution < -0.4 is 15.4 Å². The zero-order valence-corrected chi connectivity index (χ0v) is 17.8. The quantitative estimate of drug-likeness (QED) is 0.432. The molecule has 0 saturated heterocycles. The van der Waals surface area contributed by atoms with Gasteiger partial charge < -0.3 is 15.4 Å². The lowest BCUT2D eigenvalue weighted by Gasteiger charge is -2.17. The molecule has 0 bridgehead atoms. The van der Waals surface area contributed by atoms with Gasteiger partial charge in [0.15, 0.2) is 11.5 Å². The molecule has 1 atom stereocenters. The third-order valence-corrected chi connectivity index (χ3v) is 4.88. The Kier molecular flexibility index (Phi) is 6.03. The molecule has 4 aromatic rings. The number of carbonyl (C=O) groups excluding carboxylic acids is 1. The molecule has 2 N–H and O–H groups in total. The van der Waals surface area contributed by atoms with E-state index in [-0.39, 0.29) is 17.5 Å². The second kappa shape index (κ2) is 8.93. The SMILES string of the molecule is CCNC(=O)C(CC)Nc1nc2ccccc2c2nc(-c3cccc(OC(F)(F)F)c3)nn12. The molecule has 4 rings (SSSR count). The van der Waals surface area contributed by atoms with Gasteiger partial charge in [0.2, 0.25) is 11.9 Å². The zero-order chi connectivity index (χ0) is 23.6. The van der Waals surface area contributed by atoms with Crippen LogP contribution in [-0.2, 0) is 4.79 Å². The van der Waals surface area contributed by atoms with Crippen molar-refractivity contribution >= 4 is 28.4 Å². The lowest BCUT2D eigenvalue weighted by Crippen LogP contribution is -2.39. The summed E-state index contributed by atoms with van der Waals surface area (Å²) in [5.74, 6) is -0.0685. The molecule has 8 nitrogen and oxygen atoms in total. The van der Waals surface area contributed by atoms with Crippen LogP contribution in [0.5, 0.6) is 5.75 Å². The van der Waals surface area contributed by atoms with Crippen LogP contribution in [0.3, 0.4) is 0 Å². The molecule has 0 aliphatic carbocycles. The maximum Gasteiger partial charge on any atom is 0.573 e. The summed E-state index contributed by atoms with van der Waals surface area (Å²) in [7, 11) is 0. The molecule has 2 aromatic carbocycles. The fourth-order valence-corrected chi connectivity index (χ4v) is 3.41. The van der Waals surface area contributed by atoms with Crippen LogP contribution in [0.2, 0.25) is 0 Å². The van der Waals surface area contributed by atoms with Crippen molar-refractivity contribution in [3.63, 3.8) is 0 Å². The van der Waals surface area contributed by atoms with E-state index in [1.807, 2.05) is 32.0 Å². The first-order chi connectivity index (χ1) is 15.8. The molecular weight excluding hydrogens is 437 g/mol. The van der Waals surface area contributed by atoms with Gasteiger partial charge in [-0.2, -0.15) is 4.52 Å². The Balaban J connectivity index is 1.82. The van der Waals surface area contributed by atoms with E-state index in [1.54, 1.807) is 12.1 Å². The van der Waals surface area contributed by atoms with Gasteiger partial charge in [-0.3, -0.25) is 4.79 Å². The summed E-state index contributed by atoms with van der Waals surface area (Å²) in [6.45, 7) is 4.18. The number of benzene rings is 2. The first-order valence-corrected chi connectivity index (χ1v) is 10.3. The van der Waals surface area contributed by atoms with E-state index in [0.717, 1.165) is 0 Å². The van der Waals surface area contributed by atoms with Crippen molar-refractivity contribution < 1.29 is 22.7 Å². The molecule has 0 spiro atoms. The summed E-state index contributed by atoms with van der Waals surface area (Å²) < 4.78 is 43.4. The molecule has 0 radical (unpaired) electrons. The lowest BCUT2D eigenvalue weighted by atomic mass is 10.2. The first-order valence-electron chi connectivity index (χ1n) is 10.3. The topological polar surface area (TPSA) is 93.4 Å². The highest BCUT2D eigenvalue weighted by molar-refractivity contribution is 5.93. The Morgan fingerprint density at radius 2 is 1.91 bits per heavy atom. The van der Waals surface area contributed by atoms with Gasteiger partial charge in [-0.15, -0.1) is 18.3 Å². The maximum absolute atomic E-state index is 12.6. The number of ether oxygens (including phenoxy) is 1. The molecule has 0 saturated carbocycles. The van der Waals surface area contributed by atoms with Crippen molar-refractivity contribution in [3.8, 4) is 17.1 Å². The molecule has 0 aliphatic rings. The van der Waals surface area contributed by atoms with E-state index in [9.17, 15) is 18.0 Å². The number of aromatic nitrogens is 4. The third kappa shape index (κ3) is 4.81. The van der Waals surface area contributed by atoms with Gasteiger partial charge in [-0.1, -0.05) is 31.2 Å². The molecule has 0 aliphatic heterocycles. The van der Waals surface area contributed by atoms with E-state index in [2.05, 4.69) is 30.4 Å². The van der Waals surface area contributed by atoms with Gasteiger partial charge in [0.25, 0.3) is 0 Å². The zero-order valence-electron chi connectivity index (χ0n) is 17.8. The fraction of sp³-hybridized carbons (Fsp3) is 0.273. The number of hydrogen-bond donors (Lipinski definition) is 2. The van der Waals surface area contributed by atoms with Gasteiger partial charge in [0, 0.05) is 17.5 Å². The minimum Gasteiger partial charge on any atom is -0.406 e. The fourth-order valence-electron chi connectivity index (χ4n) is 3.41. The van der Waals surface area contributed by atoms with Gasteiger partial charge >= 0.3 is 6.36 Å². The molecule has 33 heavy (non-hydrogen) atoms. The van der Waals surface area contributed by atoms with Crippen LogP contribution in [0, 0.1) is 0 Å². The average Bonchev–Trinajstić information content (AvgIpc) is 3.22. The number of rotatable bonds is 7. The van der Waals surface area contributed by atoms with Crippen molar-refractivity contribution in [3.05, 3.63) is 48.5 Å². The van der Waals surface area contributed by atoms with E-state index >= 15 is 0 Å². The molecule has 2 aromatic heterocycles. The third-order valence-electron chi connectivity index (χ3n) is 4.88. The normalized spacial score (nSPS) is 12.6. The van der Waals surface area contributed by atoms with Crippen LogP contribution in [0.15, 0.2) is 48.5 Å². The van der Waals surface area contributed by atoms with Crippen molar-refractivity contribution in [1.29, 1.82) is 0 Å². The second-order valence-electron chi connectivity index (χ2n) is 7.20. The summed E-state index contributed by atoms with van der Waals surface area (Å²) in [6, 6.07) is 12.2. The summed E-state index contributed by atoms with van der Waals surface area (Å²) in [4.78, 5) is 21.6. The van der Waals surface area contributed by atoms with Crippen LogP contribution in [0.4, 0.5) is 19.1 Å². The predicted molar refractivity (Wildman–Crippen MR) is 117 cm³/mol. The van der Waals surface area contributed by atoms with E-state index in [1.165, 1.54) is 22.7 Å². The number of fused-ring (bicyclic) bond motifs is 3. The van der Waals surface area contributed by atoms with Gasteiger partial charge in [-0.25, -0.2) is 9.97 Å². The predicted octanol–water partition coefficient (Wildman–Crippen LogP) is 4.17. The highest BCUT2D eigenvalue weighted by Crippen LogP contribution is 2.29. The minimum absolute atomic E-state index is 0.180. The number of para-hydroxylation sites is 1. The van der Waals surface area contributed by atoms with Crippen LogP contribution in [0.25, 0.3) is 27.9 Å². The Morgan fingerprint density at radius 3 is 2.64 bits per heavy atom. The van der Waals surface area contributed by atoms with Crippen molar-refractivity contribution in [1.82, 2.24) is 24.9 Å². The number of alkyl halides is 3. The number of carbonyl (C=O) groups is 1. The number of anilines is 1. The van der Waals surface area contributed by atoms with Crippen LogP contribution in [-0.4, -0.2) is 44.4 Å². The number of hydrogen-bond acceptors (Lipinski definition) is 6. The summed E-state index contributed by atoms with van der Waals surface area (Å²) in [5.41, 5.74) is 1.42. The Morgan fingerprint density at radius 1 is 1.12 bits per heavy atom. The maximum atomic E-state index is 12.6. The first kappa shape index (κ1) is 22.3. The minimum atomic E-state index is -4.81. The summed E-state index contributed by atoms with van der Waals surface area (Å²) in [5, 5.41) is 11.1. The molecular formula is C22H21F3N6O2. The Labute approximate surface area is 186 Å². The standard InChI is InChI=1S/C22H21F3N6O2/c1-3-16(20(32)26-4-2)27-21-28-17-11-6-5-10-15(17)19-29-18(30-31(19)21)13-8-7-9-14(12-13)33-22(23,24)25/h5-12,16H,3-4H2,1-2H3,(H,26,32)(H,27,28). The van der Waals surface area contributed by atoms with Gasteiger partial charge in [0.1, 0.15) is 11.8 Å². The van der Waals surface area contributed by atoms with Gasteiger partial charge in [0.05, 0.1) is 5.52 Å². The van der Waals surface area contributed by atoms with Crippen LogP contribution in [0.1, 0.15) is 20.3 Å². The highest BCUT2D eigenvalue weighted by Gasteiger charge is 2.31. The monoisotopic (exact) mass is 458 g/mol. The number of amides is 1. The largest absolute Gasteiger partial charge is 0.573 e.